The molecule has 1 saturated heterocycles. The van der Waals surface area contributed by atoms with Gasteiger partial charge in [-0.15, -0.1) is 0 Å². The first kappa shape index (κ1) is 19.3. The molecule has 2 aromatic carbocycles. The Bertz CT molecular complexity index is 989. The molecule has 2 heterocycles. The summed E-state index contributed by atoms with van der Waals surface area (Å²) in [5, 5.41) is 10.6. The van der Waals surface area contributed by atoms with Gasteiger partial charge in [0.1, 0.15) is 23.1 Å². The van der Waals surface area contributed by atoms with E-state index in [9.17, 15) is 5.26 Å². The summed E-state index contributed by atoms with van der Waals surface area (Å²) in [5.74, 6) is 1.29. The van der Waals surface area contributed by atoms with Gasteiger partial charge in [-0.2, -0.15) is 5.26 Å². The van der Waals surface area contributed by atoms with Crippen molar-refractivity contribution >= 4 is 17.9 Å². The summed E-state index contributed by atoms with van der Waals surface area (Å²) >= 11 is 6.07. The molecular formula is C22H20ClN3O3. The van der Waals surface area contributed by atoms with E-state index in [0.29, 0.717) is 41.2 Å². The molecule has 2 aliphatic rings. The van der Waals surface area contributed by atoms with Crippen LogP contribution in [0.2, 0.25) is 5.02 Å². The van der Waals surface area contributed by atoms with Crippen LogP contribution in [0.5, 0.6) is 11.5 Å². The largest absolute Gasteiger partial charge is 0.497 e. The molecule has 2 aliphatic heterocycles. The Hall–Kier alpha value is -3.01. The van der Waals surface area contributed by atoms with Crippen LogP contribution in [-0.4, -0.2) is 44.7 Å². The highest BCUT2D eigenvalue weighted by Crippen LogP contribution is 2.44. The maximum Gasteiger partial charge on any atom is 0.235 e. The minimum absolute atomic E-state index is 0.291. The molecule has 0 aliphatic carbocycles. The lowest BCUT2D eigenvalue weighted by Crippen LogP contribution is -2.35. The lowest BCUT2D eigenvalue weighted by Gasteiger charge is -2.28. The lowest BCUT2D eigenvalue weighted by atomic mass is 9.83. The van der Waals surface area contributed by atoms with Gasteiger partial charge in [-0.3, -0.25) is 0 Å². The van der Waals surface area contributed by atoms with Crippen LogP contribution in [0.1, 0.15) is 17.0 Å². The maximum atomic E-state index is 9.96. The molecule has 1 unspecified atom stereocenters. The van der Waals surface area contributed by atoms with Gasteiger partial charge in [0.25, 0.3) is 0 Å². The number of aliphatic imine (C=N–C) groups is 1. The molecule has 0 bridgehead atoms. The lowest BCUT2D eigenvalue weighted by molar-refractivity contribution is 0.0699. The van der Waals surface area contributed by atoms with Crippen LogP contribution in [-0.2, 0) is 4.74 Å². The van der Waals surface area contributed by atoms with Gasteiger partial charge in [0.2, 0.25) is 5.88 Å². The molecule has 1 atom stereocenters. The predicted octanol–water partition coefficient (Wildman–Crippen LogP) is 3.97. The van der Waals surface area contributed by atoms with Crippen molar-refractivity contribution in [2.75, 3.05) is 33.4 Å². The first-order chi connectivity index (χ1) is 14.2. The molecule has 4 rings (SSSR count). The number of halogens is 1. The van der Waals surface area contributed by atoms with Crippen molar-refractivity contribution < 1.29 is 14.2 Å². The fourth-order valence-electron chi connectivity index (χ4n) is 3.44. The minimum Gasteiger partial charge on any atom is -0.497 e. The standard InChI is InChI=1S/C22H20ClN3O3/c1-27-17-6-7-18-20(12-17)29-22(25-14-26-8-10-28-11-9-26)19(13-24)21(18)15-2-4-16(23)5-3-15/h2-7,12,14,21H,8-11H2,1H3/b25-14+. The van der Waals surface area contributed by atoms with Gasteiger partial charge in [-0.25, -0.2) is 4.99 Å². The maximum absolute atomic E-state index is 9.96. The molecule has 0 saturated carbocycles. The average molecular weight is 410 g/mol. The fraction of sp³-hybridized carbons (Fsp3) is 0.273. The number of methoxy groups -OCH3 is 1. The van der Waals surface area contributed by atoms with Gasteiger partial charge >= 0.3 is 0 Å². The van der Waals surface area contributed by atoms with Gasteiger partial charge in [0.15, 0.2) is 0 Å². The van der Waals surface area contributed by atoms with Gasteiger partial charge in [0.05, 0.1) is 32.6 Å². The quantitative estimate of drug-likeness (QED) is 0.564. The van der Waals surface area contributed by atoms with E-state index in [1.54, 1.807) is 13.4 Å². The first-order valence-electron chi connectivity index (χ1n) is 9.31. The monoisotopic (exact) mass is 409 g/mol. The van der Waals surface area contributed by atoms with Crippen LogP contribution in [0.25, 0.3) is 0 Å². The zero-order valence-electron chi connectivity index (χ0n) is 16.0. The van der Waals surface area contributed by atoms with E-state index in [4.69, 9.17) is 25.8 Å². The Morgan fingerprint density at radius 1 is 1.21 bits per heavy atom. The number of hydrogen-bond donors (Lipinski definition) is 0. The summed E-state index contributed by atoms with van der Waals surface area (Å²) in [6, 6.07) is 15.4. The van der Waals surface area contributed by atoms with Crippen LogP contribution in [0, 0.1) is 11.3 Å². The van der Waals surface area contributed by atoms with E-state index in [0.717, 1.165) is 24.2 Å². The van der Waals surface area contributed by atoms with E-state index in [2.05, 4.69) is 11.1 Å². The van der Waals surface area contributed by atoms with Crippen molar-refractivity contribution in [2.24, 2.45) is 4.99 Å². The van der Waals surface area contributed by atoms with Crippen molar-refractivity contribution in [3.05, 3.63) is 70.1 Å². The Labute approximate surface area is 174 Å². The van der Waals surface area contributed by atoms with Crippen LogP contribution in [0.4, 0.5) is 0 Å². The van der Waals surface area contributed by atoms with E-state index in [1.807, 2.05) is 47.4 Å². The topological polar surface area (TPSA) is 67.1 Å². The highest BCUT2D eigenvalue weighted by molar-refractivity contribution is 6.30. The molecule has 148 valence electrons. The molecule has 29 heavy (non-hydrogen) atoms. The smallest absolute Gasteiger partial charge is 0.235 e. The van der Waals surface area contributed by atoms with E-state index in [1.165, 1.54) is 0 Å². The van der Waals surface area contributed by atoms with Crippen molar-refractivity contribution in [1.29, 1.82) is 5.26 Å². The van der Waals surface area contributed by atoms with E-state index >= 15 is 0 Å². The second-order valence-electron chi connectivity index (χ2n) is 6.71. The molecule has 0 amide bonds. The van der Waals surface area contributed by atoms with Gasteiger partial charge in [-0.05, 0) is 23.8 Å². The second-order valence-corrected chi connectivity index (χ2v) is 7.15. The molecule has 0 radical (unpaired) electrons. The van der Waals surface area contributed by atoms with Crippen molar-refractivity contribution in [2.45, 2.75) is 5.92 Å². The number of benzene rings is 2. The summed E-state index contributed by atoms with van der Waals surface area (Å²) in [6.45, 7) is 2.82. The Kier molecular flexibility index (Phi) is 5.70. The number of rotatable bonds is 4. The third-order valence-electron chi connectivity index (χ3n) is 4.97. The summed E-state index contributed by atoms with van der Waals surface area (Å²) in [5.41, 5.74) is 2.28. The first-order valence-corrected chi connectivity index (χ1v) is 9.69. The summed E-state index contributed by atoms with van der Waals surface area (Å²) in [4.78, 5) is 6.57. The molecule has 0 N–H and O–H groups in total. The molecule has 0 aromatic heterocycles. The number of nitrogens with zero attached hydrogens (tertiary/aromatic N) is 3. The van der Waals surface area contributed by atoms with Gasteiger partial charge in [0, 0.05) is 29.7 Å². The predicted molar refractivity (Wildman–Crippen MR) is 110 cm³/mol. The Morgan fingerprint density at radius 3 is 2.66 bits per heavy atom. The summed E-state index contributed by atoms with van der Waals surface area (Å²) < 4.78 is 16.7. The Balaban J connectivity index is 1.78. The number of allylic oxidation sites excluding steroid dienone is 1. The van der Waals surface area contributed by atoms with E-state index < -0.39 is 0 Å². The molecule has 6 nitrogen and oxygen atoms in total. The fourth-order valence-corrected chi connectivity index (χ4v) is 3.57. The number of hydrogen-bond acceptors (Lipinski definition) is 5. The third-order valence-corrected chi connectivity index (χ3v) is 5.22. The van der Waals surface area contributed by atoms with Gasteiger partial charge in [-0.1, -0.05) is 29.8 Å². The molecule has 2 aromatic rings. The SMILES string of the molecule is COc1ccc2c(c1)OC(/N=C/N1CCOCC1)=C(C#N)C2c1ccc(Cl)cc1. The summed E-state index contributed by atoms with van der Waals surface area (Å²) in [7, 11) is 1.61. The number of morpholine rings is 1. The average Bonchev–Trinajstić information content (AvgIpc) is 2.77. The van der Waals surface area contributed by atoms with Crippen molar-refractivity contribution in [3.8, 4) is 17.6 Å². The van der Waals surface area contributed by atoms with Crippen LogP contribution in [0.15, 0.2) is 58.9 Å². The molecule has 7 heteroatoms. The second kappa shape index (κ2) is 8.56. The third kappa shape index (κ3) is 4.07. The van der Waals surface area contributed by atoms with Crippen molar-refractivity contribution in [3.63, 3.8) is 0 Å². The van der Waals surface area contributed by atoms with Gasteiger partial charge < -0.3 is 19.1 Å². The molecular weight excluding hydrogens is 390 g/mol. The summed E-state index contributed by atoms with van der Waals surface area (Å²) in [6.07, 6.45) is 1.72. The minimum atomic E-state index is -0.302. The van der Waals surface area contributed by atoms with Crippen LogP contribution in [0.3, 0.4) is 0 Å². The number of nitriles is 1. The van der Waals surface area contributed by atoms with Crippen molar-refractivity contribution in [1.82, 2.24) is 4.90 Å². The number of ether oxygens (including phenoxy) is 3. The molecule has 0 spiro atoms. The van der Waals surface area contributed by atoms with E-state index in [-0.39, 0.29) is 5.92 Å². The Morgan fingerprint density at radius 2 is 1.97 bits per heavy atom. The van der Waals surface area contributed by atoms with Crippen LogP contribution < -0.4 is 9.47 Å². The zero-order valence-corrected chi connectivity index (χ0v) is 16.7. The number of fused-ring (bicyclic) bond motifs is 1. The highest BCUT2D eigenvalue weighted by atomic mass is 35.5. The zero-order chi connectivity index (χ0) is 20.2. The normalized spacial score (nSPS) is 18.9. The molecule has 1 fully saturated rings. The highest BCUT2D eigenvalue weighted by Gasteiger charge is 2.32. The van der Waals surface area contributed by atoms with Crippen LogP contribution >= 0.6 is 11.6 Å².